The molecule has 0 bridgehead atoms. The third kappa shape index (κ3) is 2.43. The molecule has 0 saturated carbocycles. The van der Waals surface area contributed by atoms with E-state index in [2.05, 4.69) is 6.07 Å². The smallest absolute Gasteiger partial charge is 0.205 e. The number of anilines is 1. The fourth-order valence-corrected chi connectivity index (χ4v) is 3.28. The Morgan fingerprint density at radius 2 is 1.92 bits per heavy atom. The summed E-state index contributed by atoms with van der Waals surface area (Å²) in [6.45, 7) is 0.896. The first-order valence-electron chi connectivity index (χ1n) is 8.07. The SMILES string of the molecule is COc1ccc2c(c1)OC(N)=C(C#N)C2c1cc(N)c2c(c1)OCCO2. The van der Waals surface area contributed by atoms with Gasteiger partial charge in [0.25, 0.3) is 0 Å². The first-order valence-corrected chi connectivity index (χ1v) is 8.07. The zero-order valence-corrected chi connectivity index (χ0v) is 14.1. The fraction of sp³-hybridized carbons (Fsp3) is 0.211. The van der Waals surface area contributed by atoms with Gasteiger partial charge in [-0.1, -0.05) is 6.07 Å². The van der Waals surface area contributed by atoms with Gasteiger partial charge < -0.3 is 30.4 Å². The lowest BCUT2D eigenvalue weighted by Gasteiger charge is -2.28. The quantitative estimate of drug-likeness (QED) is 0.798. The molecule has 26 heavy (non-hydrogen) atoms. The van der Waals surface area contributed by atoms with E-state index >= 15 is 0 Å². The van der Waals surface area contributed by atoms with Crippen LogP contribution in [0.3, 0.4) is 0 Å². The van der Waals surface area contributed by atoms with Gasteiger partial charge >= 0.3 is 0 Å². The number of methoxy groups -OCH3 is 1. The second-order valence-electron chi connectivity index (χ2n) is 5.96. The molecule has 0 saturated heterocycles. The molecule has 2 aliphatic heterocycles. The molecule has 0 radical (unpaired) electrons. The average Bonchev–Trinajstić information content (AvgIpc) is 2.66. The number of rotatable bonds is 2. The minimum absolute atomic E-state index is 0.0618. The van der Waals surface area contributed by atoms with Gasteiger partial charge in [-0.25, -0.2) is 0 Å². The van der Waals surface area contributed by atoms with Gasteiger partial charge in [-0.2, -0.15) is 5.26 Å². The van der Waals surface area contributed by atoms with E-state index in [1.165, 1.54) is 0 Å². The molecular weight excluding hydrogens is 334 g/mol. The molecule has 0 fully saturated rings. The summed E-state index contributed by atoms with van der Waals surface area (Å²) in [5, 5.41) is 9.65. The Morgan fingerprint density at radius 1 is 1.12 bits per heavy atom. The summed E-state index contributed by atoms with van der Waals surface area (Å²) in [5.74, 6) is 1.90. The van der Waals surface area contributed by atoms with Crippen molar-refractivity contribution in [3.8, 4) is 29.1 Å². The van der Waals surface area contributed by atoms with Gasteiger partial charge in [0, 0.05) is 11.6 Å². The Bertz CT molecular complexity index is 962. The first-order chi connectivity index (χ1) is 12.6. The average molecular weight is 351 g/mol. The number of nitrogen functional groups attached to an aromatic ring is 1. The fourth-order valence-electron chi connectivity index (χ4n) is 3.28. The molecular formula is C19H17N3O4. The van der Waals surface area contributed by atoms with Gasteiger partial charge in [0.15, 0.2) is 11.5 Å². The van der Waals surface area contributed by atoms with Gasteiger partial charge in [-0.15, -0.1) is 0 Å². The maximum absolute atomic E-state index is 9.65. The maximum atomic E-state index is 9.65. The summed E-state index contributed by atoms with van der Waals surface area (Å²) in [5.41, 5.74) is 14.5. The van der Waals surface area contributed by atoms with E-state index in [1.807, 2.05) is 18.2 Å². The van der Waals surface area contributed by atoms with Crippen LogP contribution in [0.4, 0.5) is 5.69 Å². The third-order valence-electron chi connectivity index (χ3n) is 4.45. The second kappa shape index (κ2) is 6.08. The summed E-state index contributed by atoms with van der Waals surface area (Å²) < 4.78 is 22.1. The molecule has 2 heterocycles. The molecule has 2 aliphatic rings. The summed E-state index contributed by atoms with van der Waals surface area (Å²) in [7, 11) is 1.57. The van der Waals surface area contributed by atoms with Crippen LogP contribution in [0.1, 0.15) is 17.0 Å². The van der Waals surface area contributed by atoms with Gasteiger partial charge in [0.2, 0.25) is 5.88 Å². The van der Waals surface area contributed by atoms with Crippen molar-refractivity contribution in [2.75, 3.05) is 26.1 Å². The van der Waals surface area contributed by atoms with Crippen molar-refractivity contribution in [3.05, 3.63) is 52.9 Å². The van der Waals surface area contributed by atoms with Crippen LogP contribution in [0.25, 0.3) is 0 Å². The van der Waals surface area contributed by atoms with E-state index < -0.39 is 5.92 Å². The highest BCUT2D eigenvalue weighted by molar-refractivity contribution is 5.66. The number of ether oxygens (including phenoxy) is 4. The summed E-state index contributed by atoms with van der Waals surface area (Å²) >= 11 is 0. The van der Waals surface area contributed by atoms with Crippen LogP contribution in [0.15, 0.2) is 41.8 Å². The molecule has 2 aromatic rings. The molecule has 0 aliphatic carbocycles. The van der Waals surface area contributed by atoms with Gasteiger partial charge in [-0.3, -0.25) is 0 Å². The molecule has 0 spiro atoms. The number of hydrogen-bond donors (Lipinski definition) is 2. The molecule has 4 N–H and O–H groups in total. The van der Waals surface area contributed by atoms with Crippen LogP contribution in [0, 0.1) is 11.3 Å². The van der Waals surface area contributed by atoms with E-state index in [0.717, 1.165) is 11.1 Å². The predicted octanol–water partition coefficient (Wildman–Crippen LogP) is 2.27. The van der Waals surface area contributed by atoms with Gasteiger partial charge in [-0.05, 0) is 23.8 Å². The van der Waals surface area contributed by atoms with Crippen LogP contribution < -0.4 is 30.4 Å². The van der Waals surface area contributed by atoms with Crippen molar-refractivity contribution in [1.82, 2.24) is 0 Å². The first kappa shape index (κ1) is 16.0. The lowest BCUT2D eigenvalue weighted by Crippen LogP contribution is -2.22. The standard InChI is InChI=1S/C19H17N3O4/c1-23-11-2-3-12-15(8-11)26-19(22)13(9-20)17(12)10-6-14(21)18-16(7-10)24-4-5-25-18/h2-3,6-8,17H,4-5,21-22H2,1H3. The van der Waals surface area contributed by atoms with Crippen LogP contribution in [0.5, 0.6) is 23.0 Å². The molecule has 4 rings (SSSR count). The molecule has 2 aromatic carbocycles. The molecule has 0 aromatic heterocycles. The van der Waals surface area contributed by atoms with Crippen molar-refractivity contribution in [2.24, 2.45) is 5.73 Å². The highest BCUT2D eigenvalue weighted by atomic mass is 16.6. The summed E-state index contributed by atoms with van der Waals surface area (Å²) in [6, 6.07) is 11.2. The van der Waals surface area contributed by atoms with E-state index in [-0.39, 0.29) is 5.88 Å². The molecule has 7 nitrogen and oxygen atoms in total. The monoisotopic (exact) mass is 351 g/mol. The number of nitrogens with zero attached hydrogens (tertiary/aromatic N) is 1. The van der Waals surface area contributed by atoms with Gasteiger partial charge in [0.05, 0.1) is 18.7 Å². The molecule has 0 amide bonds. The number of nitrogens with two attached hydrogens (primary N) is 2. The number of fused-ring (bicyclic) bond motifs is 2. The minimum atomic E-state index is -0.423. The number of hydrogen-bond acceptors (Lipinski definition) is 7. The Labute approximate surface area is 150 Å². The van der Waals surface area contributed by atoms with Crippen molar-refractivity contribution in [2.45, 2.75) is 5.92 Å². The predicted molar refractivity (Wildman–Crippen MR) is 94.1 cm³/mol. The van der Waals surface area contributed by atoms with Crippen molar-refractivity contribution in [1.29, 1.82) is 5.26 Å². The normalized spacial score (nSPS) is 17.8. The minimum Gasteiger partial charge on any atom is -0.497 e. The van der Waals surface area contributed by atoms with Crippen molar-refractivity contribution in [3.63, 3.8) is 0 Å². The lowest BCUT2D eigenvalue weighted by molar-refractivity contribution is 0.172. The van der Waals surface area contributed by atoms with E-state index in [1.54, 1.807) is 19.2 Å². The Morgan fingerprint density at radius 3 is 2.69 bits per heavy atom. The van der Waals surface area contributed by atoms with E-state index in [0.29, 0.717) is 47.5 Å². The highest BCUT2D eigenvalue weighted by Gasteiger charge is 2.32. The van der Waals surface area contributed by atoms with Crippen LogP contribution in [0.2, 0.25) is 0 Å². The zero-order chi connectivity index (χ0) is 18.3. The van der Waals surface area contributed by atoms with Crippen LogP contribution in [-0.4, -0.2) is 20.3 Å². The molecule has 1 unspecified atom stereocenters. The largest absolute Gasteiger partial charge is 0.497 e. The van der Waals surface area contributed by atoms with Crippen molar-refractivity contribution >= 4 is 5.69 Å². The molecule has 1 atom stereocenters. The third-order valence-corrected chi connectivity index (χ3v) is 4.45. The molecule has 7 heteroatoms. The zero-order valence-electron chi connectivity index (χ0n) is 14.1. The Balaban J connectivity index is 1.90. The van der Waals surface area contributed by atoms with Crippen molar-refractivity contribution < 1.29 is 18.9 Å². The van der Waals surface area contributed by atoms with Crippen LogP contribution >= 0.6 is 0 Å². The summed E-state index contributed by atoms with van der Waals surface area (Å²) in [6.07, 6.45) is 0. The van der Waals surface area contributed by atoms with E-state index in [4.69, 9.17) is 30.4 Å². The number of allylic oxidation sites excluding steroid dienone is 1. The topological polar surface area (TPSA) is 113 Å². The maximum Gasteiger partial charge on any atom is 0.205 e. The summed E-state index contributed by atoms with van der Waals surface area (Å²) in [4.78, 5) is 0. The van der Waals surface area contributed by atoms with Crippen LogP contribution in [-0.2, 0) is 0 Å². The molecule has 132 valence electrons. The van der Waals surface area contributed by atoms with E-state index in [9.17, 15) is 5.26 Å². The highest BCUT2D eigenvalue weighted by Crippen LogP contribution is 2.47. The lowest BCUT2D eigenvalue weighted by atomic mass is 9.83. The Hall–Kier alpha value is -3.53. The second-order valence-corrected chi connectivity index (χ2v) is 5.96. The number of benzene rings is 2. The Kier molecular flexibility index (Phi) is 3.73. The van der Waals surface area contributed by atoms with Gasteiger partial charge in [0.1, 0.15) is 36.4 Å². The number of nitriles is 1.